The van der Waals surface area contributed by atoms with Crippen LogP contribution < -0.4 is 0 Å². The highest BCUT2D eigenvalue weighted by atomic mass is 16.3. The van der Waals surface area contributed by atoms with Crippen molar-refractivity contribution in [1.82, 2.24) is 0 Å². The van der Waals surface area contributed by atoms with Crippen molar-refractivity contribution in [3.05, 3.63) is 0 Å². The average Bonchev–Trinajstić information content (AvgIpc) is 2.88. The van der Waals surface area contributed by atoms with Crippen molar-refractivity contribution < 1.29 is 19.2 Å². The molecule has 26 heavy (non-hydrogen) atoms. The van der Waals surface area contributed by atoms with Gasteiger partial charge in [0.05, 0.1) is 63.6 Å². The van der Waals surface area contributed by atoms with E-state index in [0.29, 0.717) is 0 Å². The molecular weight excluding hydrogens is 324 g/mol. The van der Waals surface area contributed by atoms with Gasteiger partial charge >= 0.3 is 0 Å². The smallest absolute Gasteiger partial charge is 0.0917 e. The van der Waals surface area contributed by atoms with Crippen LogP contribution in [0.25, 0.3) is 0 Å². The summed E-state index contributed by atoms with van der Waals surface area (Å²) in [7, 11) is 4.94. The van der Waals surface area contributed by atoms with Crippen molar-refractivity contribution in [2.24, 2.45) is 0 Å². The molecule has 4 rings (SSSR count). The molecule has 2 N–H and O–H groups in total. The van der Waals surface area contributed by atoms with Crippen LogP contribution in [0.4, 0.5) is 0 Å². The van der Waals surface area contributed by atoms with Crippen molar-refractivity contribution in [1.29, 1.82) is 0 Å². The molecule has 0 radical (unpaired) electrons. The van der Waals surface area contributed by atoms with E-state index in [2.05, 4.69) is 14.1 Å². The average molecular weight is 367 g/mol. The number of quaternary nitrogens is 2. The third kappa shape index (κ3) is 3.36. The van der Waals surface area contributed by atoms with Gasteiger partial charge in [-0.3, -0.25) is 0 Å². The monoisotopic (exact) mass is 366 g/mol. The number of unbranched alkanes of at least 4 members (excludes halogenated alkanes) is 3. The molecule has 4 nitrogen and oxygen atoms in total. The van der Waals surface area contributed by atoms with Crippen molar-refractivity contribution >= 4 is 0 Å². The number of rotatable bonds is 7. The summed E-state index contributed by atoms with van der Waals surface area (Å²) in [5.74, 6) is 0. The van der Waals surface area contributed by atoms with E-state index >= 15 is 0 Å². The Morgan fingerprint density at radius 3 is 1.19 bits per heavy atom. The highest BCUT2D eigenvalue weighted by Crippen LogP contribution is 2.42. The van der Waals surface area contributed by atoms with Gasteiger partial charge < -0.3 is 19.2 Å². The van der Waals surface area contributed by atoms with E-state index in [-0.39, 0.29) is 12.2 Å². The van der Waals surface area contributed by atoms with Crippen LogP contribution in [0.2, 0.25) is 0 Å². The number of aliphatic hydroxyl groups excluding tert-OH is 2. The quantitative estimate of drug-likeness (QED) is 0.537. The summed E-state index contributed by atoms with van der Waals surface area (Å²) >= 11 is 0. The Morgan fingerprint density at radius 2 is 0.885 bits per heavy atom. The third-order valence-electron chi connectivity index (χ3n) is 9.21. The first kappa shape index (κ1) is 19.2. The predicted molar refractivity (Wildman–Crippen MR) is 105 cm³/mol. The van der Waals surface area contributed by atoms with Gasteiger partial charge in [-0.1, -0.05) is 0 Å². The summed E-state index contributed by atoms with van der Waals surface area (Å²) in [6.45, 7) is 2.65. The molecule has 0 amide bonds. The van der Waals surface area contributed by atoms with Gasteiger partial charge in [0, 0.05) is 51.4 Å². The lowest BCUT2D eigenvalue weighted by Crippen LogP contribution is -2.59. The molecular formula is C22H42N2O2+2. The van der Waals surface area contributed by atoms with Crippen LogP contribution in [-0.4, -0.2) is 82.7 Å². The molecule has 0 aromatic rings. The van der Waals surface area contributed by atoms with Crippen molar-refractivity contribution in [2.45, 2.75) is 113 Å². The fraction of sp³-hybridized carbons (Fsp3) is 1.00. The minimum absolute atomic E-state index is 0.0263. The zero-order valence-electron chi connectivity index (χ0n) is 17.2. The van der Waals surface area contributed by atoms with Gasteiger partial charge in [0.25, 0.3) is 0 Å². The molecule has 4 aliphatic rings. The second-order valence-electron chi connectivity index (χ2n) is 10.6. The van der Waals surface area contributed by atoms with Crippen molar-refractivity contribution in [3.8, 4) is 0 Å². The molecule has 4 heteroatoms. The summed E-state index contributed by atoms with van der Waals surface area (Å²) in [5.41, 5.74) is 0. The van der Waals surface area contributed by atoms with Crippen LogP contribution in [0.15, 0.2) is 0 Å². The molecule has 0 saturated carbocycles. The zero-order valence-corrected chi connectivity index (χ0v) is 17.2. The first-order chi connectivity index (χ1) is 12.4. The Hall–Kier alpha value is -0.160. The fourth-order valence-corrected chi connectivity index (χ4v) is 7.42. The standard InChI is InChI=1S/C22H42N2O2/c1-23(17-7-8-18(23)14-21(25)13-17)11-5-3-4-6-12-24(2)19-9-10-20(24)16-22(26)15-19/h17-22,25-26H,3-16H2,1-2H3/q+2/t17-,18+,19-,20+,21?,22?,23?,24?. The second kappa shape index (κ2) is 7.35. The van der Waals surface area contributed by atoms with Crippen LogP contribution in [0.5, 0.6) is 0 Å². The van der Waals surface area contributed by atoms with E-state index < -0.39 is 0 Å². The molecule has 4 aliphatic heterocycles. The molecule has 0 aliphatic carbocycles. The van der Waals surface area contributed by atoms with Gasteiger partial charge in [-0.2, -0.15) is 0 Å². The SMILES string of the molecule is C[N+]1(CCCCCC[N+]2(C)[C@@H]3CC[C@H]2CC(O)C3)[C@@H]2CC[C@H]1CC(O)C2. The zero-order chi connectivity index (χ0) is 18.4. The van der Waals surface area contributed by atoms with Crippen LogP contribution in [0.1, 0.15) is 77.0 Å². The van der Waals surface area contributed by atoms with Gasteiger partial charge in [-0.15, -0.1) is 0 Å². The summed E-state index contributed by atoms with van der Waals surface area (Å²) in [6, 6.07) is 2.90. The second-order valence-corrected chi connectivity index (χ2v) is 10.6. The Kier molecular flexibility index (Phi) is 5.42. The van der Waals surface area contributed by atoms with Crippen LogP contribution >= 0.6 is 0 Å². The molecule has 4 bridgehead atoms. The summed E-state index contributed by atoms with van der Waals surface area (Å²) in [4.78, 5) is 0. The first-order valence-corrected chi connectivity index (χ1v) is 11.5. The Balaban J connectivity index is 1.18. The highest BCUT2D eigenvalue weighted by molar-refractivity contribution is 4.86. The van der Waals surface area contributed by atoms with Gasteiger partial charge in [0.15, 0.2) is 0 Å². The van der Waals surface area contributed by atoms with Crippen LogP contribution in [-0.2, 0) is 0 Å². The number of fused-ring (bicyclic) bond motifs is 4. The molecule has 4 fully saturated rings. The Morgan fingerprint density at radius 1 is 0.577 bits per heavy atom. The minimum atomic E-state index is -0.0263. The number of hydrogen-bond donors (Lipinski definition) is 2. The minimum Gasteiger partial charge on any atom is -0.393 e. The molecule has 4 saturated heterocycles. The van der Waals surface area contributed by atoms with Crippen molar-refractivity contribution in [2.75, 3.05) is 27.2 Å². The summed E-state index contributed by atoms with van der Waals surface area (Å²) in [6.07, 6.45) is 14.9. The van der Waals surface area contributed by atoms with Gasteiger partial charge in [0.2, 0.25) is 0 Å². The van der Waals surface area contributed by atoms with Gasteiger partial charge in [0.1, 0.15) is 0 Å². The largest absolute Gasteiger partial charge is 0.393 e. The predicted octanol–water partition coefficient (Wildman–Crippen LogP) is 2.81. The van der Waals surface area contributed by atoms with Crippen LogP contribution in [0, 0.1) is 0 Å². The molecule has 8 atom stereocenters. The molecule has 0 aromatic heterocycles. The number of hydrogen-bond acceptors (Lipinski definition) is 2. The third-order valence-corrected chi connectivity index (χ3v) is 9.21. The van der Waals surface area contributed by atoms with Gasteiger partial charge in [-0.25, -0.2) is 0 Å². The highest BCUT2D eigenvalue weighted by Gasteiger charge is 2.51. The normalized spacial score (nSPS) is 50.3. The Bertz CT molecular complexity index is 425. The number of piperidine rings is 2. The summed E-state index contributed by atoms with van der Waals surface area (Å²) < 4.78 is 2.51. The maximum absolute atomic E-state index is 10.0. The molecule has 0 spiro atoms. The van der Waals surface area contributed by atoms with Crippen LogP contribution in [0.3, 0.4) is 0 Å². The van der Waals surface area contributed by atoms with E-state index in [1.165, 1.54) is 73.4 Å². The Labute approximate surface area is 160 Å². The molecule has 4 heterocycles. The van der Waals surface area contributed by atoms with Crippen molar-refractivity contribution in [3.63, 3.8) is 0 Å². The van der Waals surface area contributed by atoms with E-state index in [4.69, 9.17) is 0 Å². The number of aliphatic hydroxyl groups is 2. The lowest BCUT2D eigenvalue weighted by molar-refractivity contribution is -0.950. The summed E-state index contributed by atoms with van der Waals surface area (Å²) in [5, 5.41) is 20.1. The molecule has 150 valence electrons. The maximum Gasteiger partial charge on any atom is 0.0917 e. The molecule has 4 unspecified atom stereocenters. The van der Waals surface area contributed by atoms with E-state index in [1.807, 2.05) is 0 Å². The van der Waals surface area contributed by atoms with Gasteiger partial charge in [-0.05, 0) is 25.7 Å². The van der Waals surface area contributed by atoms with E-state index in [9.17, 15) is 10.2 Å². The maximum atomic E-state index is 10.0. The van der Waals surface area contributed by atoms with E-state index in [0.717, 1.165) is 49.9 Å². The number of nitrogens with zero attached hydrogens (tertiary/aromatic N) is 2. The van der Waals surface area contributed by atoms with E-state index in [1.54, 1.807) is 0 Å². The lowest BCUT2D eigenvalue weighted by Gasteiger charge is -2.46. The topological polar surface area (TPSA) is 40.5 Å². The lowest BCUT2D eigenvalue weighted by atomic mass is 9.95. The molecule has 0 aromatic carbocycles. The first-order valence-electron chi connectivity index (χ1n) is 11.5. The fourth-order valence-electron chi connectivity index (χ4n) is 7.42.